The number of carbonyl (C=O) groups is 1. The monoisotopic (exact) mass is 341 g/mol. The molecule has 124 valence electrons. The Morgan fingerprint density at radius 2 is 2.04 bits per heavy atom. The van der Waals surface area contributed by atoms with Crippen molar-refractivity contribution in [3.05, 3.63) is 64.2 Å². The molecule has 0 radical (unpaired) electrons. The third-order valence-electron chi connectivity index (χ3n) is 5.25. The molecular formula is C20H20ClNO2. The smallest absolute Gasteiger partial charge is 0.311 e. The minimum atomic E-state index is -0.144. The summed E-state index contributed by atoms with van der Waals surface area (Å²) in [5.74, 6) is -0.264. The lowest BCUT2D eigenvalue weighted by atomic mass is 9.83. The number of piperidine rings is 1. The largest absolute Gasteiger partial charge is 0.469 e. The number of carbonyl (C=O) groups excluding carboxylic acids is 1. The van der Waals surface area contributed by atoms with Crippen molar-refractivity contribution in [3.8, 4) is 0 Å². The highest BCUT2D eigenvalue weighted by molar-refractivity contribution is 6.30. The third-order valence-corrected chi connectivity index (χ3v) is 5.48. The summed E-state index contributed by atoms with van der Waals surface area (Å²) in [6, 6.07) is 14.6. The molecule has 0 aromatic heterocycles. The van der Waals surface area contributed by atoms with Crippen LogP contribution in [0.2, 0.25) is 5.02 Å². The number of esters is 1. The molecule has 1 fully saturated rings. The van der Waals surface area contributed by atoms with Gasteiger partial charge in [0.15, 0.2) is 0 Å². The van der Waals surface area contributed by atoms with Crippen LogP contribution in [0.3, 0.4) is 0 Å². The molecule has 24 heavy (non-hydrogen) atoms. The summed E-state index contributed by atoms with van der Waals surface area (Å²) in [5, 5.41) is 0.735. The molecule has 4 rings (SSSR count). The summed E-state index contributed by atoms with van der Waals surface area (Å²) in [7, 11) is 1.48. The summed E-state index contributed by atoms with van der Waals surface area (Å²) >= 11 is 6.28. The van der Waals surface area contributed by atoms with Crippen molar-refractivity contribution in [1.29, 1.82) is 0 Å². The Hall–Kier alpha value is -2.00. The van der Waals surface area contributed by atoms with Crippen molar-refractivity contribution in [2.24, 2.45) is 5.92 Å². The van der Waals surface area contributed by atoms with Gasteiger partial charge in [-0.05, 0) is 48.1 Å². The van der Waals surface area contributed by atoms with E-state index in [4.69, 9.17) is 16.3 Å². The molecule has 2 atom stereocenters. The molecule has 4 heteroatoms. The highest BCUT2D eigenvalue weighted by Crippen LogP contribution is 2.45. The Labute approximate surface area is 147 Å². The van der Waals surface area contributed by atoms with Gasteiger partial charge in [-0.1, -0.05) is 41.9 Å². The number of anilines is 1. The zero-order valence-electron chi connectivity index (χ0n) is 13.7. The normalized spacial score (nSPS) is 22.0. The number of hydrogen-bond acceptors (Lipinski definition) is 3. The fraction of sp³-hybridized carbons (Fsp3) is 0.350. The molecule has 2 aliphatic heterocycles. The van der Waals surface area contributed by atoms with Crippen LogP contribution >= 0.6 is 11.6 Å². The first-order chi connectivity index (χ1) is 11.7. The highest BCUT2D eigenvalue weighted by Gasteiger charge is 2.40. The molecular weight excluding hydrogens is 322 g/mol. The Morgan fingerprint density at radius 1 is 1.21 bits per heavy atom. The molecule has 2 aliphatic rings. The zero-order valence-corrected chi connectivity index (χ0v) is 14.4. The van der Waals surface area contributed by atoms with Crippen LogP contribution < -0.4 is 4.90 Å². The first-order valence-electron chi connectivity index (χ1n) is 8.39. The molecule has 0 unspecified atom stereocenters. The number of fused-ring (bicyclic) bond motifs is 5. The lowest BCUT2D eigenvalue weighted by Gasteiger charge is -2.42. The van der Waals surface area contributed by atoms with Gasteiger partial charge in [-0.2, -0.15) is 0 Å². The molecule has 1 saturated heterocycles. The molecule has 3 nitrogen and oxygen atoms in total. The molecule has 0 spiro atoms. The van der Waals surface area contributed by atoms with Crippen molar-refractivity contribution in [1.82, 2.24) is 0 Å². The van der Waals surface area contributed by atoms with Gasteiger partial charge >= 0.3 is 5.97 Å². The lowest BCUT2D eigenvalue weighted by molar-refractivity contribution is -0.147. The fourth-order valence-electron chi connectivity index (χ4n) is 4.19. The molecule has 0 bridgehead atoms. The van der Waals surface area contributed by atoms with E-state index < -0.39 is 0 Å². The summed E-state index contributed by atoms with van der Waals surface area (Å²) in [6.45, 7) is 0.930. The van der Waals surface area contributed by atoms with Gasteiger partial charge in [0.05, 0.1) is 19.1 Å². The average Bonchev–Trinajstić information content (AvgIpc) is 2.75. The van der Waals surface area contributed by atoms with E-state index in [2.05, 4.69) is 35.2 Å². The number of ether oxygens (including phenoxy) is 1. The van der Waals surface area contributed by atoms with E-state index in [1.807, 2.05) is 12.1 Å². The number of methoxy groups -OCH3 is 1. The predicted molar refractivity (Wildman–Crippen MR) is 95.5 cm³/mol. The SMILES string of the molecule is COC(=O)[C@@H]1CCCN2c3cc(Cl)ccc3Cc3ccccc3[C@H]12. The molecule has 0 amide bonds. The van der Waals surface area contributed by atoms with E-state index in [0.717, 1.165) is 36.5 Å². The topological polar surface area (TPSA) is 29.5 Å². The zero-order chi connectivity index (χ0) is 16.7. The summed E-state index contributed by atoms with van der Waals surface area (Å²) in [4.78, 5) is 14.8. The van der Waals surface area contributed by atoms with E-state index >= 15 is 0 Å². The number of nitrogens with zero attached hydrogens (tertiary/aromatic N) is 1. The van der Waals surface area contributed by atoms with Gasteiger partial charge in [-0.25, -0.2) is 0 Å². The van der Waals surface area contributed by atoms with Crippen molar-refractivity contribution in [3.63, 3.8) is 0 Å². The lowest BCUT2D eigenvalue weighted by Crippen LogP contribution is -2.42. The second-order valence-corrected chi connectivity index (χ2v) is 7.00. The van der Waals surface area contributed by atoms with Crippen LogP contribution in [0.5, 0.6) is 0 Å². The second-order valence-electron chi connectivity index (χ2n) is 6.56. The van der Waals surface area contributed by atoms with Gasteiger partial charge in [-0.15, -0.1) is 0 Å². The highest BCUT2D eigenvalue weighted by atomic mass is 35.5. The summed E-state index contributed by atoms with van der Waals surface area (Å²) in [5.41, 5.74) is 4.93. The van der Waals surface area contributed by atoms with Gasteiger partial charge in [0.2, 0.25) is 0 Å². The van der Waals surface area contributed by atoms with E-state index in [0.29, 0.717) is 0 Å². The summed E-state index contributed by atoms with van der Waals surface area (Å²) < 4.78 is 5.11. The van der Waals surface area contributed by atoms with Gasteiger partial charge in [-0.3, -0.25) is 4.79 Å². The minimum absolute atomic E-state index is 0.0158. The standard InChI is InChI=1S/C20H20ClNO2/c1-24-20(23)17-7-4-10-22-18-12-15(21)9-8-14(18)11-13-5-2-3-6-16(13)19(17)22/h2-3,5-6,8-9,12,17,19H,4,7,10-11H2,1H3/t17-,19-/m1/s1. The predicted octanol–water partition coefficient (Wildman–Crippen LogP) is 4.37. The summed E-state index contributed by atoms with van der Waals surface area (Å²) in [6.07, 6.45) is 2.70. The second kappa shape index (κ2) is 6.14. The first kappa shape index (κ1) is 15.5. The number of rotatable bonds is 1. The molecule has 0 N–H and O–H groups in total. The van der Waals surface area contributed by atoms with E-state index in [-0.39, 0.29) is 17.9 Å². The van der Waals surface area contributed by atoms with Crippen LogP contribution in [-0.2, 0) is 16.0 Å². The van der Waals surface area contributed by atoms with Crippen LogP contribution in [-0.4, -0.2) is 19.6 Å². The van der Waals surface area contributed by atoms with E-state index in [1.54, 1.807) is 0 Å². The van der Waals surface area contributed by atoms with Gasteiger partial charge in [0, 0.05) is 17.3 Å². The molecule has 2 heterocycles. The van der Waals surface area contributed by atoms with Gasteiger partial charge < -0.3 is 9.64 Å². The van der Waals surface area contributed by atoms with Crippen LogP contribution in [0.25, 0.3) is 0 Å². The van der Waals surface area contributed by atoms with Crippen LogP contribution in [0.4, 0.5) is 5.69 Å². The maximum Gasteiger partial charge on any atom is 0.311 e. The molecule has 0 aliphatic carbocycles. The Kier molecular flexibility index (Phi) is 3.97. The molecule has 2 aromatic carbocycles. The Balaban J connectivity index is 1.92. The number of halogens is 1. The Morgan fingerprint density at radius 3 is 2.88 bits per heavy atom. The molecule has 2 aromatic rings. The quantitative estimate of drug-likeness (QED) is 0.721. The van der Waals surface area contributed by atoms with E-state index in [9.17, 15) is 4.79 Å². The maximum atomic E-state index is 12.4. The van der Waals surface area contributed by atoms with Gasteiger partial charge in [0.1, 0.15) is 0 Å². The Bertz CT molecular complexity index is 789. The van der Waals surface area contributed by atoms with Crippen LogP contribution in [0, 0.1) is 5.92 Å². The number of benzene rings is 2. The number of hydrogen-bond donors (Lipinski definition) is 0. The van der Waals surface area contributed by atoms with Crippen molar-refractivity contribution >= 4 is 23.3 Å². The third kappa shape index (κ3) is 2.48. The fourth-order valence-corrected chi connectivity index (χ4v) is 4.36. The van der Waals surface area contributed by atoms with Crippen molar-refractivity contribution < 1.29 is 9.53 Å². The minimum Gasteiger partial charge on any atom is -0.469 e. The maximum absolute atomic E-state index is 12.4. The van der Waals surface area contributed by atoms with Crippen molar-refractivity contribution in [2.45, 2.75) is 25.3 Å². The van der Waals surface area contributed by atoms with Crippen LogP contribution in [0.1, 0.15) is 35.6 Å². The first-order valence-corrected chi connectivity index (χ1v) is 8.77. The molecule has 0 saturated carbocycles. The van der Waals surface area contributed by atoms with Crippen molar-refractivity contribution in [2.75, 3.05) is 18.6 Å². The van der Waals surface area contributed by atoms with E-state index in [1.165, 1.54) is 23.8 Å². The van der Waals surface area contributed by atoms with Gasteiger partial charge in [0.25, 0.3) is 0 Å². The van der Waals surface area contributed by atoms with Crippen LogP contribution in [0.15, 0.2) is 42.5 Å². The average molecular weight is 342 g/mol.